The van der Waals surface area contributed by atoms with E-state index < -0.39 is 6.61 Å². The zero-order valence-electron chi connectivity index (χ0n) is 9.51. The van der Waals surface area contributed by atoms with Crippen LogP contribution in [0.1, 0.15) is 17.7 Å². The molecule has 96 valence electrons. The Balaban J connectivity index is 2.00. The Morgan fingerprint density at radius 2 is 2.00 bits per heavy atom. The van der Waals surface area contributed by atoms with Crippen molar-refractivity contribution in [2.75, 3.05) is 0 Å². The lowest BCUT2D eigenvalue weighted by molar-refractivity contribution is -0.0498. The van der Waals surface area contributed by atoms with Crippen LogP contribution in [-0.2, 0) is 0 Å². The summed E-state index contributed by atoms with van der Waals surface area (Å²) in [6.07, 6.45) is 1.44. The third-order valence-corrected chi connectivity index (χ3v) is 3.30. The van der Waals surface area contributed by atoms with Crippen LogP contribution in [0.25, 0.3) is 0 Å². The van der Waals surface area contributed by atoms with Gasteiger partial charge in [0, 0.05) is 5.25 Å². The van der Waals surface area contributed by atoms with Crippen LogP contribution in [0.3, 0.4) is 0 Å². The van der Waals surface area contributed by atoms with Gasteiger partial charge in [0.25, 0.3) is 0 Å². The van der Waals surface area contributed by atoms with Crippen molar-refractivity contribution < 1.29 is 13.5 Å². The second-order valence-corrected chi connectivity index (χ2v) is 4.83. The normalized spacial score (nSPS) is 12.7. The molecule has 0 bridgehead atoms. The summed E-state index contributed by atoms with van der Waals surface area (Å²) >= 11 is 1.50. The molecular formula is C11H11F2N3OS. The summed E-state index contributed by atoms with van der Waals surface area (Å²) in [5.41, 5.74) is 0.998. The number of halogens is 2. The first-order valence-electron chi connectivity index (χ1n) is 5.22. The second-order valence-electron chi connectivity index (χ2n) is 3.50. The average molecular weight is 271 g/mol. The summed E-state index contributed by atoms with van der Waals surface area (Å²) in [5, 5.41) is 7.36. The lowest BCUT2D eigenvalue weighted by atomic mass is 10.2. The number of hydrogen-bond acceptors (Lipinski definition) is 4. The van der Waals surface area contributed by atoms with Crippen molar-refractivity contribution >= 4 is 11.8 Å². The molecule has 0 aliphatic rings. The minimum Gasteiger partial charge on any atom is -0.435 e. The van der Waals surface area contributed by atoms with Crippen molar-refractivity contribution in [2.45, 2.75) is 23.9 Å². The van der Waals surface area contributed by atoms with Crippen LogP contribution in [0.4, 0.5) is 8.78 Å². The molecule has 0 saturated heterocycles. The van der Waals surface area contributed by atoms with Gasteiger partial charge in [0.05, 0.1) is 0 Å². The fraction of sp³-hybridized carbons (Fsp3) is 0.273. The van der Waals surface area contributed by atoms with Crippen molar-refractivity contribution in [3.8, 4) is 5.75 Å². The van der Waals surface area contributed by atoms with Crippen LogP contribution >= 0.6 is 11.8 Å². The van der Waals surface area contributed by atoms with Crippen LogP contribution in [0.15, 0.2) is 35.7 Å². The van der Waals surface area contributed by atoms with Gasteiger partial charge < -0.3 is 4.74 Å². The third-order valence-electron chi connectivity index (χ3n) is 2.26. The fourth-order valence-electron chi connectivity index (χ4n) is 1.41. The van der Waals surface area contributed by atoms with E-state index in [9.17, 15) is 8.78 Å². The summed E-state index contributed by atoms with van der Waals surface area (Å²) in [6, 6.07) is 6.56. The van der Waals surface area contributed by atoms with Crippen LogP contribution in [0.5, 0.6) is 5.75 Å². The van der Waals surface area contributed by atoms with Gasteiger partial charge in [0.2, 0.25) is 0 Å². The Hall–Kier alpha value is -1.63. The molecule has 0 aliphatic heterocycles. The maximum Gasteiger partial charge on any atom is 0.387 e. The molecule has 18 heavy (non-hydrogen) atoms. The van der Waals surface area contributed by atoms with E-state index in [4.69, 9.17) is 0 Å². The monoisotopic (exact) mass is 271 g/mol. The fourth-order valence-corrected chi connectivity index (χ4v) is 2.25. The van der Waals surface area contributed by atoms with Crippen LogP contribution < -0.4 is 4.74 Å². The lowest BCUT2D eigenvalue weighted by Gasteiger charge is -2.10. The molecule has 1 N–H and O–H groups in total. The number of hydrogen-bond donors (Lipinski definition) is 1. The van der Waals surface area contributed by atoms with E-state index >= 15 is 0 Å². The van der Waals surface area contributed by atoms with E-state index in [-0.39, 0.29) is 11.0 Å². The standard InChI is InChI=1S/C11H11F2N3OS/c1-7(18-11-14-6-15-16-11)8-2-4-9(5-3-8)17-10(12)13/h2-7,10H,1H3,(H,14,15,16). The van der Waals surface area contributed by atoms with Gasteiger partial charge in [-0.3, -0.25) is 5.10 Å². The van der Waals surface area contributed by atoms with Gasteiger partial charge >= 0.3 is 6.61 Å². The first-order valence-corrected chi connectivity index (χ1v) is 6.10. The number of aromatic amines is 1. The highest BCUT2D eigenvalue weighted by Crippen LogP contribution is 2.33. The SMILES string of the molecule is CC(Sc1ncn[nH]1)c1ccc(OC(F)F)cc1. The molecule has 1 aromatic heterocycles. The molecule has 0 radical (unpaired) electrons. The first kappa shape index (κ1) is 12.8. The largest absolute Gasteiger partial charge is 0.435 e. The van der Waals surface area contributed by atoms with E-state index in [1.54, 1.807) is 12.1 Å². The minimum absolute atomic E-state index is 0.138. The van der Waals surface area contributed by atoms with Crippen molar-refractivity contribution in [3.63, 3.8) is 0 Å². The van der Waals surface area contributed by atoms with Crippen molar-refractivity contribution in [1.82, 2.24) is 15.2 Å². The van der Waals surface area contributed by atoms with Gasteiger partial charge in [-0.05, 0) is 24.6 Å². The maximum atomic E-state index is 12.0. The zero-order valence-corrected chi connectivity index (χ0v) is 10.3. The average Bonchev–Trinajstić information content (AvgIpc) is 2.82. The number of aromatic nitrogens is 3. The Bertz CT molecular complexity index is 476. The summed E-state index contributed by atoms with van der Waals surface area (Å²) in [6.45, 7) is -0.798. The molecule has 7 heteroatoms. The number of thioether (sulfide) groups is 1. The first-order chi connectivity index (χ1) is 8.65. The molecule has 1 aromatic carbocycles. The molecule has 0 amide bonds. The van der Waals surface area contributed by atoms with Gasteiger partial charge in [-0.2, -0.15) is 13.9 Å². The number of benzene rings is 1. The summed E-state index contributed by atoms with van der Waals surface area (Å²) in [5.74, 6) is 0.158. The molecule has 0 saturated carbocycles. The zero-order chi connectivity index (χ0) is 13.0. The molecule has 1 heterocycles. The number of rotatable bonds is 5. The summed E-state index contributed by atoms with van der Waals surface area (Å²) in [7, 11) is 0. The number of nitrogens with one attached hydrogen (secondary N) is 1. The van der Waals surface area contributed by atoms with Crippen molar-refractivity contribution in [2.24, 2.45) is 0 Å². The highest BCUT2D eigenvalue weighted by Gasteiger charge is 2.10. The third kappa shape index (κ3) is 3.43. The Labute approximate surface area is 107 Å². The molecule has 2 rings (SSSR count). The molecule has 0 spiro atoms. The van der Waals surface area contributed by atoms with Crippen LogP contribution in [0.2, 0.25) is 0 Å². The van der Waals surface area contributed by atoms with Gasteiger partial charge in [0.1, 0.15) is 12.1 Å². The summed E-state index contributed by atoms with van der Waals surface area (Å²) < 4.78 is 28.3. The van der Waals surface area contributed by atoms with E-state index in [0.29, 0.717) is 0 Å². The lowest BCUT2D eigenvalue weighted by Crippen LogP contribution is -2.01. The number of ether oxygens (including phenoxy) is 1. The maximum absolute atomic E-state index is 12.0. The van der Waals surface area contributed by atoms with Crippen molar-refractivity contribution in [1.29, 1.82) is 0 Å². The molecule has 0 aliphatic carbocycles. The predicted octanol–water partition coefficient (Wildman–Crippen LogP) is 3.26. The Morgan fingerprint density at radius 1 is 1.28 bits per heavy atom. The Kier molecular flexibility index (Phi) is 4.14. The van der Waals surface area contributed by atoms with E-state index in [0.717, 1.165) is 10.7 Å². The highest BCUT2D eigenvalue weighted by atomic mass is 32.2. The molecule has 0 fully saturated rings. The van der Waals surface area contributed by atoms with Crippen LogP contribution in [-0.4, -0.2) is 21.8 Å². The van der Waals surface area contributed by atoms with Crippen LogP contribution in [0, 0.1) is 0 Å². The molecule has 4 nitrogen and oxygen atoms in total. The van der Waals surface area contributed by atoms with E-state index in [2.05, 4.69) is 19.9 Å². The number of H-pyrrole nitrogens is 1. The predicted molar refractivity (Wildman–Crippen MR) is 63.7 cm³/mol. The number of nitrogens with zero attached hydrogens (tertiary/aromatic N) is 2. The molecule has 1 unspecified atom stereocenters. The van der Waals surface area contributed by atoms with Gasteiger partial charge in [0.15, 0.2) is 5.16 Å². The molecular weight excluding hydrogens is 260 g/mol. The van der Waals surface area contributed by atoms with Gasteiger partial charge in [-0.15, -0.1) is 0 Å². The van der Waals surface area contributed by atoms with E-state index in [1.807, 2.05) is 6.92 Å². The smallest absolute Gasteiger partial charge is 0.387 e. The minimum atomic E-state index is -2.79. The molecule has 2 aromatic rings. The van der Waals surface area contributed by atoms with E-state index in [1.165, 1.54) is 30.2 Å². The summed E-state index contributed by atoms with van der Waals surface area (Å²) in [4.78, 5) is 4.01. The second kappa shape index (κ2) is 5.81. The highest BCUT2D eigenvalue weighted by molar-refractivity contribution is 7.99. The van der Waals surface area contributed by atoms with Gasteiger partial charge in [-0.25, -0.2) is 4.98 Å². The Morgan fingerprint density at radius 3 is 2.56 bits per heavy atom. The van der Waals surface area contributed by atoms with Gasteiger partial charge in [-0.1, -0.05) is 23.9 Å². The number of alkyl halides is 2. The van der Waals surface area contributed by atoms with Crippen molar-refractivity contribution in [3.05, 3.63) is 36.2 Å². The quantitative estimate of drug-likeness (QED) is 0.848. The topological polar surface area (TPSA) is 50.8 Å². The molecule has 1 atom stereocenters.